The number of fused-ring (bicyclic) bond motifs is 1. The predicted octanol–water partition coefficient (Wildman–Crippen LogP) is 2.89. The second kappa shape index (κ2) is 7.99. The lowest BCUT2D eigenvalue weighted by Gasteiger charge is -2.10. The molecule has 6 heteroatoms. The summed E-state index contributed by atoms with van der Waals surface area (Å²) in [4.78, 5) is 18.1. The summed E-state index contributed by atoms with van der Waals surface area (Å²) >= 11 is -1.05. The van der Waals surface area contributed by atoms with Gasteiger partial charge in [0.05, 0.1) is 6.61 Å². The molecule has 0 aliphatic rings. The number of aromatic amines is 1. The monoisotopic (exact) mass is 342 g/mol. The fourth-order valence-electron chi connectivity index (χ4n) is 2.33. The lowest BCUT2D eigenvalue weighted by molar-refractivity contribution is 0.310. The largest absolute Gasteiger partial charge is 0.610 e. The zero-order chi connectivity index (χ0) is 16.8. The fraction of sp³-hybridized carbons (Fsp3) is 0.222. The smallest absolute Gasteiger partial charge is 0.248 e. The van der Waals surface area contributed by atoms with Gasteiger partial charge in [0.25, 0.3) is 0 Å². The first-order chi connectivity index (χ1) is 11.7. The molecule has 0 aliphatic heterocycles. The Morgan fingerprint density at radius 1 is 1.12 bits per heavy atom. The molecule has 3 rings (SSSR count). The quantitative estimate of drug-likeness (QED) is 0.529. The predicted molar refractivity (Wildman–Crippen MR) is 94.8 cm³/mol. The van der Waals surface area contributed by atoms with Crippen LogP contribution in [0.2, 0.25) is 0 Å². The number of nitrogens with zero attached hydrogens (tertiary/aromatic N) is 1. The van der Waals surface area contributed by atoms with E-state index in [1.807, 2.05) is 30.3 Å². The van der Waals surface area contributed by atoms with Crippen molar-refractivity contribution in [3.8, 4) is 5.75 Å². The second-order valence-corrected chi connectivity index (χ2v) is 6.86. The summed E-state index contributed by atoms with van der Waals surface area (Å²) in [6.45, 7) is 0.564. The van der Waals surface area contributed by atoms with Crippen LogP contribution in [0.5, 0.6) is 5.75 Å². The molecule has 0 aliphatic carbocycles. The third kappa shape index (κ3) is 4.37. The van der Waals surface area contributed by atoms with Gasteiger partial charge in [-0.15, -0.1) is 0 Å². The lowest BCUT2D eigenvalue weighted by Crippen LogP contribution is -2.10. The maximum Gasteiger partial charge on any atom is 0.248 e. The van der Waals surface area contributed by atoms with Crippen molar-refractivity contribution in [1.82, 2.24) is 9.97 Å². The minimum absolute atomic E-state index is 0.114. The van der Waals surface area contributed by atoms with Gasteiger partial charge in [-0.05, 0) is 43.2 Å². The standard InChI is InChI=1S/C18H18N2O3S/c21-17-9-6-14-13-15(7-8-16(14)20-17)23-11-3-4-12-24(22)18-5-1-2-10-19-18/h1-2,5-10,13H,3-4,11-12H2,(H,20,21). The number of hydrogen-bond acceptors (Lipinski definition) is 4. The van der Waals surface area contributed by atoms with Gasteiger partial charge in [-0.2, -0.15) is 0 Å². The summed E-state index contributed by atoms with van der Waals surface area (Å²) in [6, 6.07) is 14.3. The van der Waals surface area contributed by atoms with E-state index in [4.69, 9.17) is 4.74 Å². The number of pyridine rings is 2. The average molecular weight is 342 g/mol. The summed E-state index contributed by atoms with van der Waals surface area (Å²) in [5.74, 6) is 1.35. The Labute approximate surface area is 142 Å². The molecule has 5 nitrogen and oxygen atoms in total. The van der Waals surface area contributed by atoms with Crippen molar-refractivity contribution in [1.29, 1.82) is 0 Å². The third-order valence-corrected chi connectivity index (χ3v) is 4.93. The van der Waals surface area contributed by atoms with Crippen LogP contribution in [0.4, 0.5) is 0 Å². The molecule has 0 saturated heterocycles. The summed E-state index contributed by atoms with van der Waals surface area (Å²) in [5, 5.41) is 1.56. The number of rotatable bonds is 7. The molecular formula is C18H18N2O3S. The number of unbranched alkanes of at least 4 members (excludes halogenated alkanes) is 1. The normalized spacial score (nSPS) is 12.2. The number of nitrogens with one attached hydrogen (secondary N) is 1. The third-order valence-electron chi connectivity index (χ3n) is 3.56. The molecule has 0 fully saturated rings. The van der Waals surface area contributed by atoms with Gasteiger partial charge >= 0.3 is 0 Å². The Bertz CT molecular complexity index is 852. The molecule has 3 aromatic rings. The first kappa shape index (κ1) is 16.5. The van der Waals surface area contributed by atoms with Gasteiger partial charge in [-0.1, -0.05) is 6.07 Å². The fourth-order valence-corrected chi connectivity index (χ4v) is 3.42. The maximum atomic E-state index is 12.0. The van der Waals surface area contributed by atoms with E-state index in [2.05, 4.69) is 9.97 Å². The molecule has 0 saturated carbocycles. The SMILES string of the molecule is O=c1ccc2cc(OCCCC[S+]([O-])c3ccccn3)ccc2[nH]1. The van der Waals surface area contributed by atoms with Crippen LogP contribution in [-0.4, -0.2) is 26.9 Å². The van der Waals surface area contributed by atoms with Crippen molar-refractivity contribution in [2.45, 2.75) is 17.9 Å². The van der Waals surface area contributed by atoms with Crippen LogP contribution in [0.1, 0.15) is 12.8 Å². The van der Waals surface area contributed by atoms with E-state index in [1.54, 1.807) is 18.3 Å². The average Bonchev–Trinajstić information content (AvgIpc) is 2.62. The van der Waals surface area contributed by atoms with Crippen LogP contribution in [0, 0.1) is 0 Å². The topological polar surface area (TPSA) is 78.0 Å². The van der Waals surface area contributed by atoms with Gasteiger partial charge in [0.2, 0.25) is 10.6 Å². The van der Waals surface area contributed by atoms with Crippen LogP contribution in [0.25, 0.3) is 10.9 Å². The zero-order valence-corrected chi connectivity index (χ0v) is 13.9. The molecule has 0 bridgehead atoms. The Balaban J connectivity index is 1.45. The molecular weight excluding hydrogens is 324 g/mol. The van der Waals surface area contributed by atoms with Crippen LogP contribution in [0.3, 0.4) is 0 Å². The molecule has 1 unspecified atom stereocenters. The van der Waals surface area contributed by atoms with Crippen molar-refractivity contribution in [2.75, 3.05) is 12.4 Å². The summed E-state index contributed by atoms with van der Waals surface area (Å²) in [7, 11) is 0. The molecule has 2 aromatic heterocycles. The van der Waals surface area contributed by atoms with Crippen LogP contribution >= 0.6 is 0 Å². The van der Waals surface area contributed by atoms with E-state index in [-0.39, 0.29) is 5.56 Å². The molecule has 24 heavy (non-hydrogen) atoms. The molecule has 0 radical (unpaired) electrons. The van der Waals surface area contributed by atoms with Crippen molar-refractivity contribution in [2.24, 2.45) is 0 Å². The van der Waals surface area contributed by atoms with Gasteiger partial charge in [-0.3, -0.25) is 4.79 Å². The second-order valence-electron chi connectivity index (χ2n) is 5.34. The molecule has 0 amide bonds. The van der Waals surface area contributed by atoms with Crippen molar-refractivity contribution >= 4 is 22.1 Å². The molecule has 2 heterocycles. The lowest BCUT2D eigenvalue weighted by atomic mass is 10.2. The minimum Gasteiger partial charge on any atom is -0.610 e. The van der Waals surface area contributed by atoms with Gasteiger partial charge in [-0.25, -0.2) is 4.98 Å². The first-order valence-corrected chi connectivity index (χ1v) is 9.09. The van der Waals surface area contributed by atoms with Crippen molar-refractivity contribution in [3.05, 3.63) is 65.1 Å². The first-order valence-electron chi connectivity index (χ1n) is 7.78. The molecule has 0 spiro atoms. The van der Waals surface area contributed by atoms with Crippen LogP contribution in [-0.2, 0) is 11.2 Å². The highest BCUT2D eigenvalue weighted by Gasteiger charge is 2.10. The van der Waals surface area contributed by atoms with E-state index in [1.165, 1.54) is 6.07 Å². The Kier molecular flexibility index (Phi) is 5.51. The van der Waals surface area contributed by atoms with E-state index >= 15 is 0 Å². The number of ether oxygens (including phenoxy) is 1. The summed E-state index contributed by atoms with van der Waals surface area (Å²) < 4.78 is 17.8. The summed E-state index contributed by atoms with van der Waals surface area (Å²) in [5.41, 5.74) is 0.678. The number of aromatic nitrogens is 2. The van der Waals surface area contributed by atoms with E-state index in [0.29, 0.717) is 17.4 Å². The van der Waals surface area contributed by atoms with E-state index in [0.717, 1.165) is 29.5 Å². The zero-order valence-electron chi connectivity index (χ0n) is 13.1. The summed E-state index contributed by atoms with van der Waals surface area (Å²) in [6.07, 6.45) is 3.29. The van der Waals surface area contributed by atoms with Crippen LogP contribution < -0.4 is 10.3 Å². The highest BCUT2D eigenvalue weighted by Crippen LogP contribution is 2.18. The molecule has 1 aromatic carbocycles. The highest BCUT2D eigenvalue weighted by molar-refractivity contribution is 7.91. The van der Waals surface area contributed by atoms with Crippen LogP contribution in [0.15, 0.2) is 64.5 Å². The van der Waals surface area contributed by atoms with Gasteiger partial charge in [0.1, 0.15) is 11.5 Å². The number of benzene rings is 1. The molecule has 1 atom stereocenters. The molecule has 124 valence electrons. The van der Waals surface area contributed by atoms with Crippen molar-refractivity contribution in [3.63, 3.8) is 0 Å². The maximum absolute atomic E-state index is 12.0. The van der Waals surface area contributed by atoms with Gasteiger partial charge in [0.15, 0.2) is 0 Å². The highest BCUT2D eigenvalue weighted by atomic mass is 32.2. The Morgan fingerprint density at radius 3 is 2.88 bits per heavy atom. The van der Waals surface area contributed by atoms with E-state index in [9.17, 15) is 9.35 Å². The number of hydrogen-bond donors (Lipinski definition) is 1. The van der Waals surface area contributed by atoms with Gasteiger partial charge in [0, 0.05) is 40.4 Å². The Hall–Kier alpha value is -2.31. The van der Waals surface area contributed by atoms with Gasteiger partial charge < -0.3 is 14.3 Å². The van der Waals surface area contributed by atoms with E-state index < -0.39 is 11.2 Å². The number of H-pyrrole nitrogens is 1. The molecule has 1 N–H and O–H groups in total. The minimum atomic E-state index is -1.05. The Morgan fingerprint density at radius 2 is 2.04 bits per heavy atom. The van der Waals surface area contributed by atoms with Crippen molar-refractivity contribution < 1.29 is 9.29 Å².